The molecular weight excluding hydrogens is 414 g/mol. The van der Waals surface area contributed by atoms with Crippen molar-refractivity contribution in [1.29, 1.82) is 0 Å². The maximum Gasteiger partial charge on any atom is 0.164 e. The number of hydrogen-bond acceptors (Lipinski definition) is 2. The molecule has 0 atom stereocenters. The summed E-state index contributed by atoms with van der Waals surface area (Å²) < 4.78 is 2.28. The lowest BCUT2D eigenvalue weighted by Gasteiger charge is -2.12. The highest BCUT2D eigenvalue weighted by atomic mass is 15.1. The highest BCUT2D eigenvalue weighted by Gasteiger charge is 2.20. The van der Waals surface area contributed by atoms with E-state index >= 15 is 0 Å². The summed E-state index contributed by atoms with van der Waals surface area (Å²) in [4.78, 5) is 10.3. The van der Waals surface area contributed by atoms with Crippen LogP contribution < -0.4 is 0 Å². The normalized spacial score (nSPS) is 11.7. The Bertz CT molecular complexity index is 1860. The van der Waals surface area contributed by atoms with Crippen LogP contribution in [0.5, 0.6) is 0 Å². The van der Waals surface area contributed by atoms with Crippen LogP contribution in [0.2, 0.25) is 0 Å². The third-order valence-electron chi connectivity index (χ3n) is 6.65. The van der Waals surface area contributed by atoms with E-state index < -0.39 is 0 Å². The van der Waals surface area contributed by atoms with Crippen LogP contribution in [0.3, 0.4) is 0 Å². The topological polar surface area (TPSA) is 30.7 Å². The summed E-state index contributed by atoms with van der Waals surface area (Å²) in [5, 5.41) is 5.93. The SMILES string of the molecule is Cc1ccc(-n2c(-c3ccc4ccccc4n3)nc3c4ccccc4c4ccccc4c32)cc1. The van der Waals surface area contributed by atoms with Gasteiger partial charge in [0.05, 0.1) is 16.6 Å². The van der Waals surface area contributed by atoms with Gasteiger partial charge in [0.25, 0.3) is 0 Å². The number of rotatable bonds is 2. The molecule has 0 aliphatic heterocycles. The molecule has 2 aromatic heterocycles. The zero-order valence-electron chi connectivity index (χ0n) is 18.7. The molecule has 0 N–H and O–H groups in total. The van der Waals surface area contributed by atoms with Crippen LogP contribution in [-0.4, -0.2) is 14.5 Å². The molecule has 0 amide bonds. The van der Waals surface area contributed by atoms with Crippen LogP contribution in [-0.2, 0) is 0 Å². The van der Waals surface area contributed by atoms with Gasteiger partial charge in [0, 0.05) is 21.8 Å². The first-order chi connectivity index (χ1) is 16.8. The van der Waals surface area contributed by atoms with Gasteiger partial charge < -0.3 is 0 Å². The van der Waals surface area contributed by atoms with Crippen LogP contribution in [0.1, 0.15) is 5.56 Å². The maximum absolute atomic E-state index is 5.27. The van der Waals surface area contributed by atoms with Gasteiger partial charge in [0.2, 0.25) is 0 Å². The van der Waals surface area contributed by atoms with Gasteiger partial charge in [-0.2, -0.15) is 0 Å². The number of imidazole rings is 1. The molecule has 0 unspecified atom stereocenters. The number of benzene rings is 5. The van der Waals surface area contributed by atoms with Crippen LogP contribution in [0.15, 0.2) is 109 Å². The summed E-state index contributed by atoms with van der Waals surface area (Å²) in [7, 11) is 0. The van der Waals surface area contributed by atoms with Gasteiger partial charge >= 0.3 is 0 Å². The number of aromatic nitrogens is 3. The van der Waals surface area contributed by atoms with Crippen LogP contribution in [0, 0.1) is 6.92 Å². The minimum atomic E-state index is 0.853. The molecule has 34 heavy (non-hydrogen) atoms. The standard InChI is InChI=1S/C31H21N3/c1-20-14-17-22(18-15-20)34-30-26-12-6-4-10-24(26)23-9-3-5-11-25(23)29(30)33-31(34)28-19-16-21-8-2-7-13-27(21)32-28/h2-19H,1H3. The third-order valence-corrected chi connectivity index (χ3v) is 6.65. The van der Waals surface area contributed by atoms with Crippen molar-refractivity contribution in [3.8, 4) is 17.2 Å². The Hall–Kier alpha value is -4.50. The number of fused-ring (bicyclic) bond motifs is 7. The van der Waals surface area contributed by atoms with Crippen molar-refractivity contribution in [3.05, 3.63) is 115 Å². The number of nitrogens with zero attached hydrogens (tertiary/aromatic N) is 3. The average molecular weight is 436 g/mol. The summed E-state index contributed by atoms with van der Waals surface area (Å²) in [6, 6.07) is 38.3. The molecule has 7 rings (SSSR count). The fourth-order valence-corrected chi connectivity index (χ4v) is 5.01. The van der Waals surface area contributed by atoms with Gasteiger partial charge in [0.1, 0.15) is 5.69 Å². The quantitative estimate of drug-likeness (QED) is 0.259. The highest BCUT2D eigenvalue weighted by molar-refractivity contribution is 6.24. The molecule has 3 heteroatoms. The molecule has 160 valence electrons. The summed E-state index contributed by atoms with van der Waals surface area (Å²) >= 11 is 0. The first kappa shape index (κ1) is 19.0. The average Bonchev–Trinajstić information content (AvgIpc) is 3.30. The molecule has 0 fully saturated rings. The fraction of sp³-hybridized carbons (Fsp3) is 0.0323. The number of pyridine rings is 1. The molecule has 0 bridgehead atoms. The Morgan fingerprint density at radius 3 is 2.00 bits per heavy atom. The first-order valence-corrected chi connectivity index (χ1v) is 11.5. The molecule has 0 saturated heterocycles. The van der Waals surface area contributed by atoms with Crippen LogP contribution in [0.4, 0.5) is 0 Å². The zero-order valence-corrected chi connectivity index (χ0v) is 18.7. The van der Waals surface area contributed by atoms with E-state index in [2.05, 4.69) is 109 Å². The Labute approximate surface area is 196 Å². The second-order valence-electron chi connectivity index (χ2n) is 8.78. The predicted octanol–water partition coefficient (Wildman–Crippen LogP) is 7.86. The second-order valence-corrected chi connectivity index (χ2v) is 8.78. The van der Waals surface area contributed by atoms with Crippen LogP contribution >= 0.6 is 0 Å². The molecule has 2 heterocycles. The Morgan fingerprint density at radius 1 is 0.559 bits per heavy atom. The van der Waals surface area contributed by atoms with Gasteiger partial charge in [-0.1, -0.05) is 90.5 Å². The van der Waals surface area contributed by atoms with Gasteiger partial charge in [-0.05, 0) is 42.0 Å². The molecule has 0 spiro atoms. The predicted molar refractivity (Wildman–Crippen MR) is 142 cm³/mol. The lowest BCUT2D eigenvalue weighted by molar-refractivity contribution is 1.09. The molecule has 0 aliphatic carbocycles. The monoisotopic (exact) mass is 435 g/mol. The minimum absolute atomic E-state index is 0.853. The molecule has 7 aromatic rings. The second kappa shape index (κ2) is 7.26. The van der Waals surface area contributed by atoms with Gasteiger partial charge in [-0.15, -0.1) is 0 Å². The number of para-hydroxylation sites is 1. The fourth-order valence-electron chi connectivity index (χ4n) is 5.01. The van der Waals surface area contributed by atoms with E-state index in [1.54, 1.807) is 0 Å². The van der Waals surface area contributed by atoms with Crippen molar-refractivity contribution >= 4 is 43.5 Å². The van der Waals surface area contributed by atoms with Crippen molar-refractivity contribution in [3.63, 3.8) is 0 Å². The van der Waals surface area contributed by atoms with Gasteiger partial charge in [0.15, 0.2) is 5.82 Å². The Kier molecular flexibility index (Phi) is 4.06. The minimum Gasteiger partial charge on any atom is -0.290 e. The first-order valence-electron chi connectivity index (χ1n) is 11.5. The van der Waals surface area contributed by atoms with Crippen molar-refractivity contribution in [1.82, 2.24) is 14.5 Å². The lowest BCUT2D eigenvalue weighted by Crippen LogP contribution is -1.99. The van der Waals surface area contributed by atoms with Gasteiger partial charge in [-0.3, -0.25) is 4.57 Å². The maximum atomic E-state index is 5.27. The van der Waals surface area contributed by atoms with E-state index in [0.717, 1.165) is 44.5 Å². The lowest BCUT2D eigenvalue weighted by atomic mass is 10.00. The zero-order chi connectivity index (χ0) is 22.6. The third kappa shape index (κ3) is 2.77. The van der Waals surface area contributed by atoms with E-state index in [0.29, 0.717) is 0 Å². The Balaban J connectivity index is 1.68. The Morgan fingerprint density at radius 2 is 1.21 bits per heavy atom. The molecule has 5 aromatic carbocycles. The molecular formula is C31H21N3. The summed E-state index contributed by atoms with van der Waals surface area (Å²) in [5.74, 6) is 0.853. The van der Waals surface area contributed by atoms with Crippen LogP contribution in [0.25, 0.3) is 60.7 Å². The smallest absolute Gasteiger partial charge is 0.164 e. The highest BCUT2D eigenvalue weighted by Crippen LogP contribution is 2.38. The number of hydrogen-bond donors (Lipinski definition) is 0. The largest absolute Gasteiger partial charge is 0.290 e. The van der Waals surface area contributed by atoms with E-state index in [9.17, 15) is 0 Å². The van der Waals surface area contributed by atoms with Gasteiger partial charge in [-0.25, -0.2) is 9.97 Å². The van der Waals surface area contributed by atoms with E-state index in [1.165, 1.54) is 21.7 Å². The van der Waals surface area contributed by atoms with E-state index in [4.69, 9.17) is 9.97 Å². The molecule has 0 aliphatic rings. The molecule has 3 nitrogen and oxygen atoms in total. The van der Waals surface area contributed by atoms with Crippen molar-refractivity contribution in [2.24, 2.45) is 0 Å². The van der Waals surface area contributed by atoms with E-state index in [1.807, 2.05) is 12.1 Å². The van der Waals surface area contributed by atoms with Crippen molar-refractivity contribution in [2.75, 3.05) is 0 Å². The summed E-state index contributed by atoms with van der Waals surface area (Å²) in [6.45, 7) is 2.12. The number of aryl methyl sites for hydroxylation is 1. The molecule has 0 saturated carbocycles. The van der Waals surface area contributed by atoms with Crippen molar-refractivity contribution < 1.29 is 0 Å². The summed E-state index contributed by atoms with van der Waals surface area (Å²) in [5.41, 5.74) is 6.26. The van der Waals surface area contributed by atoms with Crippen molar-refractivity contribution in [2.45, 2.75) is 6.92 Å². The van der Waals surface area contributed by atoms with E-state index in [-0.39, 0.29) is 0 Å². The summed E-state index contributed by atoms with van der Waals surface area (Å²) in [6.07, 6.45) is 0. The molecule has 0 radical (unpaired) electrons.